The van der Waals surface area contributed by atoms with E-state index in [2.05, 4.69) is 14.6 Å². The Kier molecular flexibility index (Phi) is 3.96. The molecule has 6 heteroatoms. The van der Waals surface area contributed by atoms with Gasteiger partial charge in [0.05, 0.1) is 7.11 Å². The van der Waals surface area contributed by atoms with Gasteiger partial charge in [0.1, 0.15) is 0 Å². The maximum absolute atomic E-state index is 11.3. The minimum Gasteiger partial charge on any atom is -0.464 e. The molecule has 1 aromatic heterocycles. The van der Waals surface area contributed by atoms with Gasteiger partial charge in [-0.1, -0.05) is 0 Å². The molecular formula is C11H16N2O3S. The number of aromatic nitrogens is 1. The Balaban J connectivity index is 2.05. The van der Waals surface area contributed by atoms with Crippen LogP contribution >= 0.6 is 11.3 Å². The molecule has 0 amide bonds. The van der Waals surface area contributed by atoms with E-state index in [0.29, 0.717) is 11.7 Å². The van der Waals surface area contributed by atoms with Gasteiger partial charge in [0.15, 0.2) is 10.8 Å². The molecule has 0 aromatic carbocycles. The summed E-state index contributed by atoms with van der Waals surface area (Å²) in [4.78, 5) is 17.7. The highest BCUT2D eigenvalue weighted by Gasteiger charge is 2.21. The highest BCUT2D eigenvalue weighted by molar-refractivity contribution is 7.13. The highest BCUT2D eigenvalue weighted by Crippen LogP contribution is 2.25. The van der Waals surface area contributed by atoms with Gasteiger partial charge in [0.25, 0.3) is 0 Å². The minimum atomic E-state index is -0.382. The first-order chi connectivity index (χ1) is 8.22. The lowest BCUT2D eigenvalue weighted by Gasteiger charge is -2.30. The van der Waals surface area contributed by atoms with E-state index in [-0.39, 0.29) is 5.97 Å². The van der Waals surface area contributed by atoms with Gasteiger partial charge in [-0.05, 0) is 12.8 Å². The van der Waals surface area contributed by atoms with Crippen LogP contribution in [0, 0.1) is 0 Å². The number of hydrogen-bond donors (Lipinski definition) is 0. The number of rotatable bonds is 3. The van der Waals surface area contributed by atoms with Crippen molar-refractivity contribution < 1.29 is 14.3 Å². The number of carbonyl (C=O) groups excluding carboxylic acids is 1. The van der Waals surface area contributed by atoms with E-state index in [4.69, 9.17) is 4.74 Å². The normalized spacial score (nSPS) is 16.8. The first-order valence-electron chi connectivity index (χ1n) is 5.57. The Hall–Kier alpha value is -1.14. The molecule has 0 N–H and O–H groups in total. The average Bonchev–Trinajstić information content (AvgIpc) is 2.87. The van der Waals surface area contributed by atoms with E-state index >= 15 is 0 Å². The smallest absolute Gasteiger partial charge is 0.357 e. The Morgan fingerprint density at radius 2 is 2.29 bits per heavy atom. The molecular weight excluding hydrogens is 240 g/mol. The molecule has 1 aromatic rings. The fourth-order valence-electron chi connectivity index (χ4n) is 1.85. The SMILES string of the molecule is COC(=O)c1csc(N(C)C2CCOCC2)n1. The molecule has 5 nitrogen and oxygen atoms in total. The van der Waals surface area contributed by atoms with Gasteiger partial charge in [-0.15, -0.1) is 11.3 Å². The second kappa shape index (κ2) is 5.46. The fraction of sp³-hybridized carbons (Fsp3) is 0.636. The van der Waals surface area contributed by atoms with Crippen molar-refractivity contribution in [1.29, 1.82) is 0 Å². The van der Waals surface area contributed by atoms with E-state index < -0.39 is 0 Å². The summed E-state index contributed by atoms with van der Waals surface area (Å²) in [5.41, 5.74) is 0.381. The van der Waals surface area contributed by atoms with Crippen molar-refractivity contribution >= 4 is 22.4 Å². The standard InChI is InChI=1S/C11H16N2O3S/c1-13(8-3-5-16-6-4-8)11-12-9(7-17-11)10(14)15-2/h7-8H,3-6H2,1-2H3. The number of thiazole rings is 1. The van der Waals surface area contributed by atoms with Gasteiger partial charge < -0.3 is 14.4 Å². The Labute approximate surface area is 104 Å². The molecule has 2 rings (SSSR count). The molecule has 2 heterocycles. The van der Waals surface area contributed by atoms with Crippen molar-refractivity contribution in [3.05, 3.63) is 11.1 Å². The van der Waals surface area contributed by atoms with E-state index in [0.717, 1.165) is 31.2 Å². The number of ether oxygens (including phenoxy) is 2. The molecule has 0 aliphatic carbocycles. The Morgan fingerprint density at radius 1 is 1.59 bits per heavy atom. The maximum atomic E-state index is 11.3. The number of esters is 1. The number of hydrogen-bond acceptors (Lipinski definition) is 6. The molecule has 0 atom stereocenters. The number of carbonyl (C=O) groups is 1. The van der Waals surface area contributed by atoms with Crippen LogP contribution in [0.25, 0.3) is 0 Å². The van der Waals surface area contributed by atoms with Gasteiger partial charge in [-0.3, -0.25) is 0 Å². The Morgan fingerprint density at radius 3 is 2.94 bits per heavy atom. The molecule has 0 unspecified atom stereocenters. The third kappa shape index (κ3) is 2.76. The zero-order valence-electron chi connectivity index (χ0n) is 10.0. The van der Waals surface area contributed by atoms with Crippen molar-refractivity contribution in [1.82, 2.24) is 4.98 Å². The minimum absolute atomic E-state index is 0.381. The van der Waals surface area contributed by atoms with Crippen LogP contribution in [0.3, 0.4) is 0 Å². The average molecular weight is 256 g/mol. The molecule has 1 aliphatic rings. The van der Waals surface area contributed by atoms with Crippen LogP contribution in [-0.2, 0) is 9.47 Å². The summed E-state index contributed by atoms with van der Waals surface area (Å²) < 4.78 is 9.97. The molecule has 0 bridgehead atoms. The first-order valence-corrected chi connectivity index (χ1v) is 6.44. The predicted molar refractivity (Wildman–Crippen MR) is 65.7 cm³/mol. The van der Waals surface area contributed by atoms with Gasteiger partial charge in [0.2, 0.25) is 0 Å². The van der Waals surface area contributed by atoms with Crippen molar-refractivity contribution in [2.45, 2.75) is 18.9 Å². The third-order valence-electron chi connectivity index (χ3n) is 2.93. The summed E-state index contributed by atoms with van der Waals surface area (Å²) >= 11 is 1.47. The summed E-state index contributed by atoms with van der Waals surface area (Å²) in [7, 11) is 3.37. The largest absolute Gasteiger partial charge is 0.464 e. The second-order valence-corrected chi connectivity index (χ2v) is 4.80. The molecule has 94 valence electrons. The maximum Gasteiger partial charge on any atom is 0.357 e. The van der Waals surface area contributed by atoms with Crippen LogP contribution < -0.4 is 4.90 Å². The Bertz CT molecular complexity index is 388. The van der Waals surface area contributed by atoms with Gasteiger partial charge in [-0.25, -0.2) is 9.78 Å². The van der Waals surface area contributed by atoms with Crippen LogP contribution in [0.2, 0.25) is 0 Å². The van der Waals surface area contributed by atoms with Crippen molar-refractivity contribution in [3.63, 3.8) is 0 Å². The van der Waals surface area contributed by atoms with Crippen LogP contribution in [0.5, 0.6) is 0 Å². The zero-order valence-corrected chi connectivity index (χ0v) is 10.8. The summed E-state index contributed by atoms with van der Waals surface area (Å²) in [6, 6.07) is 0.445. The van der Waals surface area contributed by atoms with Gasteiger partial charge in [0, 0.05) is 31.7 Å². The number of anilines is 1. The van der Waals surface area contributed by atoms with Crippen molar-refractivity contribution in [3.8, 4) is 0 Å². The monoisotopic (exact) mass is 256 g/mol. The molecule has 0 radical (unpaired) electrons. The molecule has 0 spiro atoms. The third-order valence-corrected chi connectivity index (χ3v) is 3.86. The molecule has 1 aliphatic heterocycles. The first kappa shape index (κ1) is 12.3. The van der Waals surface area contributed by atoms with Crippen molar-refractivity contribution in [2.24, 2.45) is 0 Å². The lowest BCUT2D eigenvalue weighted by molar-refractivity contribution is 0.0594. The summed E-state index contributed by atoms with van der Waals surface area (Å²) in [5, 5.41) is 2.59. The molecule has 1 saturated heterocycles. The predicted octanol–water partition coefficient (Wildman–Crippen LogP) is 1.54. The van der Waals surface area contributed by atoms with E-state index in [9.17, 15) is 4.79 Å². The molecule has 17 heavy (non-hydrogen) atoms. The van der Waals surface area contributed by atoms with Gasteiger partial charge >= 0.3 is 5.97 Å². The number of methoxy groups -OCH3 is 1. The fourth-order valence-corrected chi connectivity index (χ4v) is 2.69. The van der Waals surface area contributed by atoms with E-state index in [1.54, 1.807) is 5.38 Å². The quantitative estimate of drug-likeness (QED) is 0.768. The second-order valence-electron chi connectivity index (χ2n) is 3.96. The van der Waals surface area contributed by atoms with Gasteiger partial charge in [-0.2, -0.15) is 0 Å². The zero-order chi connectivity index (χ0) is 12.3. The molecule has 1 fully saturated rings. The van der Waals surface area contributed by atoms with Crippen molar-refractivity contribution in [2.75, 3.05) is 32.3 Å². The lowest BCUT2D eigenvalue weighted by atomic mass is 10.1. The lowest BCUT2D eigenvalue weighted by Crippen LogP contribution is -2.36. The highest BCUT2D eigenvalue weighted by atomic mass is 32.1. The summed E-state index contributed by atoms with van der Waals surface area (Å²) in [6.07, 6.45) is 2.01. The van der Waals surface area contributed by atoms with Crippen LogP contribution in [0.4, 0.5) is 5.13 Å². The van der Waals surface area contributed by atoms with Crippen LogP contribution in [0.15, 0.2) is 5.38 Å². The topological polar surface area (TPSA) is 51.7 Å². The van der Waals surface area contributed by atoms with Crippen LogP contribution in [0.1, 0.15) is 23.3 Å². The van der Waals surface area contributed by atoms with E-state index in [1.165, 1.54) is 18.4 Å². The van der Waals surface area contributed by atoms with E-state index in [1.807, 2.05) is 7.05 Å². The molecule has 0 saturated carbocycles. The summed E-state index contributed by atoms with van der Waals surface area (Å²) in [6.45, 7) is 1.59. The summed E-state index contributed by atoms with van der Waals surface area (Å²) in [5.74, 6) is -0.382. The number of nitrogens with zero attached hydrogens (tertiary/aromatic N) is 2. The van der Waals surface area contributed by atoms with Crippen LogP contribution in [-0.4, -0.2) is 44.4 Å².